The molecule has 0 radical (unpaired) electrons. The van der Waals surface area contributed by atoms with E-state index in [1.54, 1.807) is 4.68 Å². The Morgan fingerprint density at radius 1 is 1.46 bits per heavy atom. The number of carbonyl (C=O) groups is 1. The van der Waals surface area contributed by atoms with Gasteiger partial charge in [0.25, 0.3) is 0 Å². The van der Waals surface area contributed by atoms with Gasteiger partial charge in [-0.1, -0.05) is 0 Å². The number of sulfonamides is 1. The SMILES string of the molecule is CCn1nc(C(=O)OC)c2cc(S(=O)(=O)NC3(C)CC3)cc(Br)c21. The first kappa shape index (κ1) is 17.4. The molecule has 0 atom stereocenters. The Hall–Kier alpha value is -1.45. The second kappa shape index (κ2) is 5.82. The van der Waals surface area contributed by atoms with E-state index in [1.807, 2.05) is 13.8 Å². The number of hydrogen-bond acceptors (Lipinski definition) is 5. The fourth-order valence-corrected chi connectivity index (χ4v) is 4.88. The Balaban J connectivity index is 2.20. The molecule has 1 aromatic heterocycles. The van der Waals surface area contributed by atoms with Gasteiger partial charge in [-0.05, 0) is 54.8 Å². The molecule has 1 fully saturated rings. The van der Waals surface area contributed by atoms with Crippen LogP contribution in [0.1, 0.15) is 37.2 Å². The predicted octanol–water partition coefficient (Wildman–Crippen LogP) is 2.44. The summed E-state index contributed by atoms with van der Waals surface area (Å²) in [7, 11) is -2.42. The maximum atomic E-state index is 12.6. The van der Waals surface area contributed by atoms with Crippen molar-refractivity contribution in [3.8, 4) is 0 Å². The van der Waals surface area contributed by atoms with E-state index in [1.165, 1.54) is 19.2 Å². The molecular weight excluding hydrogens is 398 g/mol. The number of nitrogens with one attached hydrogen (secondary N) is 1. The van der Waals surface area contributed by atoms with Crippen LogP contribution in [-0.4, -0.2) is 36.8 Å². The summed E-state index contributed by atoms with van der Waals surface area (Å²) in [5.74, 6) is -0.601. The van der Waals surface area contributed by atoms with E-state index in [4.69, 9.17) is 4.74 Å². The van der Waals surface area contributed by atoms with Crippen LogP contribution in [0.15, 0.2) is 21.5 Å². The minimum Gasteiger partial charge on any atom is -0.464 e. The lowest BCUT2D eigenvalue weighted by Gasteiger charge is -2.13. The summed E-state index contributed by atoms with van der Waals surface area (Å²) in [6.45, 7) is 4.29. The Labute approximate surface area is 148 Å². The van der Waals surface area contributed by atoms with E-state index in [9.17, 15) is 13.2 Å². The Kier molecular flexibility index (Phi) is 4.21. The number of halogens is 1. The first-order valence-corrected chi connectivity index (χ1v) is 9.81. The van der Waals surface area contributed by atoms with Gasteiger partial charge in [-0.3, -0.25) is 4.68 Å². The van der Waals surface area contributed by atoms with Crippen molar-refractivity contribution < 1.29 is 17.9 Å². The maximum Gasteiger partial charge on any atom is 0.359 e. The highest BCUT2D eigenvalue weighted by molar-refractivity contribution is 9.10. The van der Waals surface area contributed by atoms with Crippen molar-refractivity contribution >= 4 is 42.8 Å². The first-order valence-electron chi connectivity index (χ1n) is 7.53. The Bertz CT molecular complexity index is 932. The van der Waals surface area contributed by atoms with Crippen LogP contribution < -0.4 is 4.72 Å². The second-order valence-electron chi connectivity index (χ2n) is 6.12. The zero-order valence-corrected chi connectivity index (χ0v) is 16.0. The number of benzene rings is 1. The van der Waals surface area contributed by atoms with Crippen LogP contribution in [0.25, 0.3) is 10.9 Å². The number of carbonyl (C=O) groups excluding carboxylic acids is 1. The van der Waals surface area contributed by atoms with Crippen LogP contribution in [-0.2, 0) is 21.3 Å². The fourth-order valence-electron chi connectivity index (χ4n) is 2.55. The Morgan fingerprint density at radius 3 is 2.67 bits per heavy atom. The number of hydrogen-bond donors (Lipinski definition) is 1. The largest absolute Gasteiger partial charge is 0.464 e. The summed E-state index contributed by atoms with van der Waals surface area (Å²) in [4.78, 5) is 12.1. The number of rotatable bonds is 5. The standard InChI is InChI=1S/C15H18BrN3O4S/c1-4-19-13-10(12(17-19)14(20)23-3)7-9(8-11(13)16)24(21,22)18-15(2)5-6-15/h7-8,18H,4-6H2,1-3H3. The van der Waals surface area contributed by atoms with Crippen molar-refractivity contribution in [3.63, 3.8) is 0 Å². The highest BCUT2D eigenvalue weighted by atomic mass is 79.9. The fraction of sp³-hybridized carbons (Fsp3) is 0.467. The van der Waals surface area contributed by atoms with E-state index < -0.39 is 16.0 Å². The molecule has 0 unspecified atom stereocenters. The average molecular weight is 416 g/mol. The van der Waals surface area contributed by atoms with Crippen LogP contribution in [0.4, 0.5) is 0 Å². The minimum absolute atomic E-state index is 0.0933. The summed E-state index contributed by atoms with van der Waals surface area (Å²) < 4.78 is 34.9. The van der Waals surface area contributed by atoms with Crippen LogP contribution in [0.5, 0.6) is 0 Å². The molecule has 2 aromatic rings. The third-order valence-corrected chi connectivity index (χ3v) is 6.36. The lowest BCUT2D eigenvalue weighted by molar-refractivity contribution is 0.0595. The molecule has 1 aromatic carbocycles. The van der Waals surface area contributed by atoms with E-state index in [-0.39, 0.29) is 16.1 Å². The molecule has 130 valence electrons. The topological polar surface area (TPSA) is 90.3 Å². The molecular formula is C15H18BrN3O4S. The normalized spacial score (nSPS) is 16.3. The monoisotopic (exact) mass is 415 g/mol. The van der Waals surface area contributed by atoms with Gasteiger partial charge < -0.3 is 4.74 Å². The number of aromatic nitrogens is 2. The zero-order valence-electron chi connectivity index (χ0n) is 13.6. The van der Waals surface area contributed by atoms with Crippen LogP contribution in [0, 0.1) is 0 Å². The molecule has 1 N–H and O–H groups in total. The summed E-state index contributed by atoms with van der Waals surface area (Å²) in [6.07, 6.45) is 1.63. The number of fused-ring (bicyclic) bond motifs is 1. The number of esters is 1. The summed E-state index contributed by atoms with van der Waals surface area (Å²) in [6, 6.07) is 3.00. The zero-order chi connectivity index (χ0) is 17.7. The van der Waals surface area contributed by atoms with Crippen LogP contribution in [0.2, 0.25) is 0 Å². The predicted molar refractivity (Wildman–Crippen MR) is 92.4 cm³/mol. The van der Waals surface area contributed by atoms with Gasteiger partial charge in [0.1, 0.15) is 0 Å². The van der Waals surface area contributed by atoms with Gasteiger partial charge in [0.2, 0.25) is 10.0 Å². The van der Waals surface area contributed by atoms with E-state index >= 15 is 0 Å². The number of methoxy groups -OCH3 is 1. The summed E-state index contributed by atoms with van der Waals surface area (Å²) in [5.41, 5.74) is 0.387. The molecule has 1 heterocycles. The summed E-state index contributed by atoms with van der Waals surface area (Å²) >= 11 is 3.41. The molecule has 3 rings (SSSR count). The number of ether oxygens (including phenoxy) is 1. The van der Waals surface area contributed by atoms with Crippen molar-refractivity contribution in [3.05, 3.63) is 22.3 Å². The van der Waals surface area contributed by atoms with Crippen LogP contribution in [0.3, 0.4) is 0 Å². The quantitative estimate of drug-likeness (QED) is 0.757. The minimum atomic E-state index is -3.69. The molecule has 0 bridgehead atoms. The molecule has 0 amide bonds. The van der Waals surface area contributed by atoms with Crippen molar-refractivity contribution in [1.29, 1.82) is 0 Å². The highest BCUT2D eigenvalue weighted by Gasteiger charge is 2.41. The van der Waals surface area contributed by atoms with E-state index in [2.05, 4.69) is 25.8 Å². The average Bonchev–Trinajstić information content (AvgIpc) is 3.11. The lowest BCUT2D eigenvalue weighted by atomic mass is 10.2. The van der Waals surface area contributed by atoms with Gasteiger partial charge in [-0.2, -0.15) is 5.10 Å². The molecule has 0 spiro atoms. The molecule has 1 aliphatic carbocycles. The summed E-state index contributed by atoms with van der Waals surface area (Å²) in [5, 5.41) is 4.69. The second-order valence-corrected chi connectivity index (χ2v) is 8.66. The molecule has 7 nitrogen and oxygen atoms in total. The van der Waals surface area contributed by atoms with Gasteiger partial charge in [0, 0.05) is 21.9 Å². The number of nitrogens with zero attached hydrogens (tertiary/aromatic N) is 2. The van der Waals surface area contributed by atoms with Crippen molar-refractivity contribution in [2.45, 2.75) is 43.7 Å². The van der Waals surface area contributed by atoms with Crippen molar-refractivity contribution in [2.75, 3.05) is 7.11 Å². The van der Waals surface area contributed by atoms with Crippen molar-refractivity contribution in [1.82, 2.24) is 14.5 Å². The molecule has 1 aliphatic rings. The van der Waals surface area contributed by atoms with Gasteiger partial charge >= 0.3 is 5.97 Å². The first-order chi connectivity index (χ1) is 11.2. The van der Waals surface area contributed by atoms with Crippen molar-refractivity contribution in [2.24, 2.45) is 0 Å². The molecule has 0 aliphatic heterocycles. The third-order valence-electron chi connectivity index (χ3n) is 4.14. The van der Waals surface area contributed by atoms with E-state index in [0.29, 0.717) is 21.9 Å². The van der Waals surface area contributed by atoms with Gasteiger partial charge in [-0.15, -0.1) is 0 Å². The maximum absolute atomic E-state index is 12.6. The Morgan fingerprint density at radius 2 is 2.12 bits per heavy atom. The van der Waals surface area contributed by atoms with E-state index in [0.717, 1.165) is 12.8 Å². The van der Waals surface area contributed by atoms with Gasteiger partial charge in [0.05, 0.1) is 17.5 Å². The smallest absolute Gasteiger partial charge is 0.359 e. The van der Waals surface area contributed by atoms with Gasteiger partial charge in [0.15, 0.2) is 5.69 Å². The highest BCUT2D eigenvalue weighted by Crippen LogP contribution is 2.37. The van der Waals surface area contributed by atoms with Gasteiger partial charge in [-0.25, -0.2) is 17.9 Å². The number of aryl methyl sites for hydroxylation is 1. The molecule has 24 heavy (non-hydrogen) atoms. The lowest BCUT2D eigenvalue weighted by Crippen LogP contribution is -2.34. The molecule has 9 heteroatoms. The molecule has 0 saturated heterocycles. The third kappa shape index (κ3) is 2.96. The molecule has 1 saturated carbocycles. The van der Waals surface area contributed by atoms with Crippen LogP contribution >= 0.6 is 15.9 Å².